The summed E-state index contributed by atoms with van der Waals surface area (Å²) in [6.45, 7) is -1.00. The van der Waals surface area contributed by atoms with Crippen LogP contribution < -0.4 is 19.1 Å². The molecule has 0 spiro atoms. The lowest BCUT2D eigenvalue weighted by atomic mass is 9.97. The highest BCUT2D eigenvalue weighted by Gasteiger charge is 2.45. The average molecular weight is 663 g/mol. The van der Waals surface area contributed by atoms with Crippen molar-refractivity contribution in [1.82, 2.24) is 9.88 Å². The quantitative estimate of drug-likeness (QED) is 0.215. The number of sulfonamides is 1. The molecule has 1 atom stereocenters. The maximum Gasteiger partial charge on any atom is 0.407 e. The molecule has 0 unspecified atom stereocenters. The maximum atomic E-state index is 15.5. The van der Waals surface area contributed by atoms with Crippen LogP contribution in [-0.4, -0.2) is 70.0 Å². The lowest BCUT2D eigenvalue weighted by Crippen LogP contribution is -2.42. The average Bonchev–Trinajstić information content (AvgIpc) is 3.64. The minimum Gasteiger partial charge on any atom is -0.497 e. The molecule has 1 aliphatic carbocycles. The second kappa shape index (κ2) is 13.1. The molecular weight excluding hydrogens is 633 g/mol. The number of likely N-dealkylation sites (N-methyl/N-ethyl adjacent to an activating group) is 1. The number of ether oxygens (including phenoxy) is 2. The number of thiazole rings is 1. The van der Waals surface area contributed by atoms with Gasteiger partial charge in [-0.3, -0.25) is 4.39 Å². The molecule has 16 heteroatoms. The van der Waals surface area contributed by atoms with Crippen LogP contribution in [0.4, 0.5) is 28.8 Å². The van der Waals surface area contributed by atoms with E-state index in [-0.39, 0.29) is 41.1 Å². The van der Waals surface area contributed by atoms with Crippen LogP contribution in [0.2, 0.25) is 5.02 Å². The fourth-order valence-corrected chi connectivity index (χ4v) is 7.16. The molecule has 234 valence electrons. The molecule has 0 aliphatic heterocycles. The Morgan fingerprint density at radius 2 is 1.95 bits per heavy atom. The Hall–Kier alpha value is -3.43. The van der Waals surface area contributed by atoms with Gasteiger partial charge in [-0.2, -0.15) is 4.39 Å². The normalized spacial score (nSPS) is 14.6. The summed E-state index contributed by atoms with van der Waals surface area (Å²) in [4.78, 5) is 15.7. The number of halogens is 4. The van der Waals surface area contributed by atoms with Crippen molar-refractivity contribution in [2.45, 2.75) is 36.7 Å². The molecule has 3 aromatic rings. The van der Waals surface area contributed by atoms with Crippen molar-refractivity contribution in [3.05, 3.63) is 58.1 Å². The van der Waals surface area contributed by atoms with Gasteiger partial charge in [0.2, 0.25) is 5.13 Å². The van der Waals surface area contributed by atoms with E-state index in [1.807, 2.05) is 0 Å². The van der Waals surface area contributed by atoms with E-state index < -0.39 is 50.1 Å². The molecule has 43 heavy (non-hydrogen) atoms. The Morgan fingerprint density at radius 3 is 2.51 bits per heavy atom. The lowest BCUT2D eigenvalue weighted by Gasteiger charge is -2.29. The fraction of sp³-hybridized carbons (Fsp3) is 0.407. The summed E-state index contributed by atoms with van der Waals surface area (Å²) in [6, 6.07) is 5.80. The van der Waals surface area contributed by atoms with Crippen molar-refractivity contribution in [3.8, 4) is 11.5 Å². The summed E-state index contributed by atoms with van der Waals surface area (Å²) in [6.07, 6.45) is 1.16. The number of carbonyl (C=O) groups is 1. The number of aromatic nitrogens is 1. The van der Waals surface area contributed by atoms with Crippen LogP contribution in [0, 0.1) is 16.4 Å². The number of nitrogens with zero attached hydrogens (tertiary/aromatic N) is 3. The summed E-state index contributed by atoms with van der Waals surface area (Å²) in [7, 11) is -0.524. The second-order valence-corrected chi connectivity index (χ2v) is 13.4. The van der Waals surface area contributed by atoms with Crippen LogP contribution in [-0.2, 0) is 16.6 Å². The Kier molecular flexibility index (Phi) is 9.86. The number of nitrogens with one attached hydrogen (secondary N) is 1. The van der Waals surface area contributed by atoms with Crippen LogP contribution in [0.1, 0.15) is 24.8 Å². The predicted octanol–water partition coefficient (Wildman–Crippen LogP) is 6.02. The Balaban J connectivity index is 1.65. The summed E-state index contributed by atoms with van der Waals surface area (Å²) >= 11 is 6.85. The van der Waals surface area contributed by atoms with Crippen LogP contribution in [0.15, 0.2) is 41.4 Å². The molecule has 10 nitrogen and oxygen atoms in total. The molecule has 0 saturated heterocycles. The first kappa shape index (κ1) is 32.5. The van der Waals surface area contributed by atoms with Gasteiger partial charge in [-0.05, 0) is 43.5 Å². The molecule has 1 aromatic heterocycles. The largest absolute Gasteiger partial charge is 0.497 e. The highest BCUT2D eigenvalue weighted by Crippen LogP contribution is 2.50. The highest BCUT2D eigenvalue weighted by molar-refractivity contribution is 7.93. The third-order valence-electron chi connectivity index (χ3n) is 7.36. The van der Waals surface area contributed by atoms with Gasteiger partial charge in [0.1, 0.15) is 22.2 Å². The van der Waals surface area contributed by atoms with E-state index in [9.17, 15) is 27.1 Å². The van der Waals surface area contributed by atoms with Gasteiger partial charge < -0.3 is 24.8 Å². The number of anilines is 2. The topological polar surface area (TPSA) is 121 Å². The van der Waals surface area contributed by atoms with Crippen molar-refractivity contribution in [1.29, 1.82) is 0 Å². The number of carboxylic acid groups (broad SMARTS) is 1. The minimum absolute atomic E-state index is 0.00988. The number of hydrogen-bond acceptors (Lipinski definition) is 8. The Bertz CT molecular complexity index is 1590. The lowest BCUT2D eigenvalue weighted by molar-refractivity contribution is 0.128. The van der Waals surface area contributed by atoms with E-state index in [4.69, 9.17) is 21.1 Å². The Morgan fingerprint density at radius 1 is 1.23 bits per heavy atom. The number of rotatable bonds is 14. The molecule has 2 N–H and O–H groups in total. The van der Waals surface area contributed by atoms with Crippen molar-refractivity contribution < 1.29 is 41.0 Å². The third-order valence-corrected chi connectivity index (χ3v) is 10.4. The van der Waals surface area contributed by atoms with Gasteiger partial charge in [0, 0.05) is 30.6 Å². The molecule has 1 amide bonds. The van der Waals surface area contributed by atoms with Crippen LogP contribution >= 0.6 is 22.9 Å². The minimum atomic E-state index is -4.71. The van der Waals surface area contributed by atoms with Gasteiger partial charge in [0.05, 0.1) is 50.4 Å². The predicted molar refractivity (Wildman–Crippen MR) is 157 cm³/mol. The van der Waals surface area contributed by atoms with Crippen LogP contribution in [0.5, 0.6) is 11.5 Å². The van der Waals surface area contributed by atoms with Gasteiger partial charge in [0.15, 0.2) is 5.13 Å². The second-order valence-electron chi connectivity index (χ2n) is 10.2. The van der Waals surface area contributed by atoms with Gasteiger partial charge in [-0.1, -0.05) is 22.9 Å². The monoisotopic (exact) mass is 662 g/mol. The van der Waals surface area contributed by atoms with E-state index >= 15 is 4.39 Å². The number of amides is 1. The van der Waals surface area contributed by atoms with E-state index in [0.717, 1.165) is 27.5 Å². The van der Waals surface area contributed by atoms with Gasteiger partial charge in [-0.15, -0.1) is 0 Å². The standard InChI is InChI=1S/C27H30ClF3N4O6S2/c1-34(26(36)37)17(11-27(15-29)6-7-27)12-32-21-10-20(30)23(9-19(21)28)43(38,39)35(25-33-13-24(31)42-25)14-16-4-5-18(40-2)8-22(16)41-3/h4-5,8-10,13,17,32H,6-7,11-12,14-15H2,1-3H3,(H,36,37)/t17-/m0/s1. The van der Waals surface area contributed by atoms with Crippen molar-refractivity contribution in [2.75, 3.05) is 44.1 Å². The van der Waals surface area contributed by atoms with Crippen molar-refractivity contribution in [3.63, 3.8) is 0 Å². The SMILES string of the molecule is COc1ccc(CN(c2ncc(F)s2)S(=O)(=O)c2cc(Cl)c(NC[C@H](CC3(CF)CC3)N(C)C(=O)O)cc2F)c(OC)c1. The Labute approximate surface area is 256 Å². The molecule has 1 aliphatic rings. The highest BCUT2D eigenvalue weighted by atomic mass is 35.5. The van der Waals surface area contributed by atoms with Crippen molar-refractivity contribution in [2.24, 2.45) is 5.41 Å². The smallest absolute Gasteiger partial charge is 0.407 e. The first-order valence-electron chi connectivity index (χ1n) is 12.9. The zero-order valence-electron chi connectivity index (χ0n) is 23.4. The van der Waals surface area contributed by atoms with Gasteiger partial charge in [0.25, 0.3) is 10.0 Å². The maximum absolute atomic E-state index is 15.5. The summed E-state index contributed by atoms with van der Waals surface area (Å²) in [5, 5.41) is 11.2. The van der Waals surface area contributed by atoms with Gasteiger partial charge in [-0.25, -0.2) is 26.9 Å². The zero-order valence-corrected chi connectivity index (χ0v) is 25.8. The molecule has 1 fully saturated rings. The van der Waals surface area contributed by atoms with Crippen LogP contribution in [0.25, 0.3) is 0 Å². The molecule has 0 radical (unpaired) electrons. The third kappa shape index (κ3) is 7.21. The van der Waals surface area contributed by atoms with E-state index in [1.54, 1.807) is 12.1 Å². The number of methoxy groups -OCH3 is 2. The summed E-state index contributed by atoms with van der Waals surface area (Å²) in [5.74, 6) is -0.442. The molecular formula is C27H30ClF3N4O6S2. The molecule has 0 bridgehead atoms. The number of hydrogen-bond donors (Lipinski definition) is 2. The van der Waals surface area contributed by atoms with E-state index in [0.29, 0.717) is 35.5 Å². The molecule has 4 rings (SSSR count). The summed E-state index contributed by atoms with van der Waals surface area (Å²) in [5.41, 5.74) is -0.216. The van der Waals surface area contributed by atoms with Crippen LogP contribution in [0.3, 0.4) is 0 Å². The van der Waals surface area contributed by atoms with E-state index in [2.05, 4.69) is 10.3 Å². The molecule has 2 aromatic carbocycles. The first-order chi connectivity index (χ1) is 20.3. The molecule has 1 saturated carbocycles. The van der Waals surface area contributed by atoms with Gasteiger partial charge >= 0.3 is 6.09 Å². The molecule has 1 heterocycles. The summed E-state index contributed by atoms with van der Waals surface area (Å²) < 4.78 is 82.1. The number of alkyl halides is 1. The van der Waals surface area contributed by atoms with Crippen molar-refractivity contribution >= 4 is 49.9 Å². The van der Waals surface area contributed by atoms with E-state index in [1.165, 1.54) is 27.3 Å². The fourth-order valence-electron chi connectivity index (χ4n) is 4.53. The first-order valence-corrected chi connectivity index (χ1v) is 15.6. The zero-order chi connectivity index (χ0) is 31.5. The number of benzene rings is 2.